The standard InChI is InChI=1S/C13H23N3O/c1-10-8-12(17)16(11(2)15-10)7-5-6-13(3,4)9-14/h8H,5-7,9,14H2,1-4H3. The first kappa shape index (κ1) is 13.9. The van der Waals surface area contributed by atoms with Gasteiger partial charge in [0.15, 0.2) is 0 Å². The highest BCUT2D eigenvalue weighted by atomic mass is 16.1. The first-order chi connectivity index (χ1) is 7.85. The van der Waals surface area contributed by atoms with Gasteiger partial charge < -0.3 is 5.73 Å². The first-order valence-corrected chi connectivity index (χ1v) is 6.11. The fraction of sp³-hybridized carbons (Fsp3) is 0.692. The monoisotopic (exact) mass is 237 g/mol. The highest BCUT2D eigenvalue weighted by molar-refractivity contribution is 5.01. The van der Waals surface area contributed by atoms with E-state index in [-0.39, 0.29) is 11.0 Å². The van der Waals surface area contributed by atoms with Crippen LogP contribution in [0.25, 0.3) is 0 Å². The minimum Gasteiger partial charge on any atom is -0.330 e. The van der Waals surface area contributed by atoms with Gasteiger partial charge in [-0.15, -0.1) is 0 Å². The third-order valence-electron chi connectivity index (χ3n) is 3.12. The average molecular weight is 237 g/mol. The number of rotatable bonds is 5. The summed E-state index contributed by atoms with van der Waals surface area (Å²) >= 11 is 0. The molecule has 0 fully saturated rings. The molecule has 0 amide bonds. The van der Waals surface area contributed by atoms with Gasteiger partial charge in [-0.3, -0.25) is 9.36 Å². The molecule has 0 bridgehead atoms. The van der Waals surface area contributed by atoms with E-state index in [1.807, 2.05) is 13.8 Å². The van der Waals surface area contributed by atoms with E-state index in [0.29, 0.717) is 6.54 Å². The predicted octanol–water partition coefficient (Wildman–Crippen LogP) is 1.63. The van der Waals surface area contributed by atoms with E-state index in [0.717, 1.165) is 30.9 Å². The maximum absolute atomic E-state index is 11.8. The zero-order valence-corrected chi connectivity index (χ0v) is 11.3. The van der Waals surface area contributed by atoms with E-state index in [9.17, 15) is 4.79 Å². The molecule has 1 aromatic heterocycles. The molecular formula is C13H23N3O. The molecule has 96 valence electrons. The number of aryl methyl sites for hydroxylation is 2. The quantitative estimate of drug-likeness (QED) is 0.846. The Morgan fingerprint density at radius 3 is 2.59 bits per heavy atom. The van der Waals surface area contributed by atoms with Crippen LogP contribution in [0.2, 0.25) is 0 Å². The maximum Gasteiger partial charge on any atom is 0.253 e. The first-order valence-electron chi connectivity index (χ1n) is 6.11. The fourth-order valence-electron chi connectivity index (χ4n) is 1.85. The van der Waals surface area contributed by atoms with Gasteiger partial charge in [0.25, 0.3) is 5.56 Å². The lowest BCUT2D eigenvalue weighted by Gasteiger charge is -2.22. The van der Waals surface area contributed by atoms with Gasteiger partial charge in [-0.1, -0.05) is 13.8 Å². The van der Waals surface area contributed by atoms with E-state index < -0.39 is 0 Å². The molecule has 0 atom stereocenters. The van der Waals surface area contributed by atoms with E-state index in [1.165, 1.54) is 0 Å². The minimum absolute atomic E-state index is 0.0422. The molecule has 0 saturated heterocycles. The molecule has 2 N–H and O–H groups in total. The predicted molar refractivity (Wildman–Crippen MR) is 70.0 cm³/mol. The van der Waals surface area contributed by atoms with Crippen LogP contribution in [0.4, 0.5) is 0 Å². The third kappa shape index (κ3) is 3.97. The van der Waals surface area contributed by atoms with E-state index >= 15 is 0 Å². The van der Waals surface area contributed by atoms with Gasteiger partial charge in [0.05, 0.1) is 0 Å². The van der Waals surface area contributed by atoms with E-state index in [1.54, 1.807) is 10.6 Å². The van der Waals surface area contributed by atoms with Crippen LogP contribution in [0.3, 0.4) is 0 Å². The summed E-state index contributed by atoms with van der Waals surface area (Å²) in [6.07, 6.45) is 1.97. The van der Waals surface area contributed by atoms with Crippen LogP contribution in [0.1, 0.15) is 38.2 Å². The number of hydrogen-bond acceptors (Lipinski definition) is 3. The van der Waals surface area contributed by atoms with Crippen molar-refractivity contribution in [3.8, 4) is 0 Å². The summed E-state index contributed by atoms with van der Waals surface area (Å²) in [5.41, 5.74) is 6.66. The Kier molecular flexibility index (Phi) is 4.46. The second-order valence-electron chi connectivity index (χ2n) is 5.41. The zero-order valence-electron chi connectivity index (χ0n) is 11.3. The summed E-state index contributed by atoms with van der Waals surface area (Å²) in [6, 6.07) is 1.58. The van der Waals surface area contributed by atoms with Crippen LogP contribution in [0, 0.1) is 19.3 Å². The molecule has 0 aliphatic heterocycles. The van der Waals surface area contributed by atoms with Gasteiger partial charge in [-0.2, -0.15) is 0 Å². The Hall–Kier alpha value is -1.16. The average Bonchev–Trinajstić information content (AvgIpc) is 2.22. The van der Waals surface area contributed by atoms with Crippen molar-refractivity contribution in [2.45, 2.75) is 47.1 Å². The molecule has 1 rings (SSSR count). The number of nitrogens with zero attached hydrogens (tertiary/aromatic N) is 2. The zero-order chi connectivity index (χ0) is 13.1. The number of hydrogen-bond donors (Lipinski definition) is 1. The molecule has 1 aromatic rings. The van der Waals surface area contributed by atoms with Crippen molar-refractivity contribution in [2.24, 2.45) is 11.1 Å². The van der Waals surface area contributed by atoms with Crippen molar-refractivity contribution in [3.63, 3.8) is 0 Å². The molecule has 0 radical (unpaired) electrons. The SMILES string of the molecule is Cc1cc(=O)n(CCCC(C)(C)CN)c(C)n1. The van der Waals surface area contributed by atoms with Gasteiger partial charge in [-0.25, -0.2) is 4.98 Å². The molecule has 4 nitrogen and oxygen atoms in total. The highest BCUT2D eigenvalue weighted by Crippen LogP contribution is 2.20. The molecule has 0 saturated carbocycles. The van der Waals surface area contributed by atoms with Gasteiger partial charge in [0, 0.05) is 18.3 Å². The van der Waals surface area contributed by atoms with Crippen LogP contribution in [-0.2, 0) is 6.54 Å². The molecule has 0 aliphatic rings. The van der Waals surface area contributed by atoms with E-state index in [4.69, 9.17) is 5.73 Å². The molecule has 4 heteroatoms. The molecule has 0 aromatic carbocycles. The summed E-state index contributed by atoms with van der Waals surface area (Å²) in [6.45, 7) is 9.42. The van der Waals surface area contributed by atoms with Crippen molar-refractivity contribution in [1.82, 2.24) is 9.55 Å². The van der Waals surface area contributed by atoms with Gasteiger partial charge in [0.1, 0.15) is 5.82 Å². The Morgan fingerprint density at radius 2 is 2.06 bits per heavy atom. The summed E-state index contributed by atoms with van der Waals surface area (Å²) in [7, 11) is 0. The molecule has 0 unspecified atom stereocenters. The van der Waals surface area contributed by atoms with Crippen molar-refractivity contribution in [3.05, 3.63) is 27.9 Å². The number of aromatic nitrogens is 2. The van der Waals surface area contributed by atoms with E-state index in [2.05, 4.69) is 18.8 Å². The lowest BCUT2D eigenvalue weighted by Crippen LogP contribution is -2.26. The highest BCUT2D eigenvalue weighted by Gasteiger charge is 2.15. The van der Waals surface area contributed by atoms with Crippen LogP contribution >= 0.6 is 0 Å². The van der Waals surface area contributed by atoms with Crippen molar-refractivity contribution < 1.29 is 0 Å². The second kappa shape index (κ2) is 5.45. The largest absolute Gasteiger partial charge is 0.330 e. The van der Waals surface area contributed by atoms with Crippen molar-refractivity contribution >= 4 is 0 Å². The smallest absolute Gasteiger partial charge is 0.253 e. The molecular weight excluding hydrogens is 214 g/mol. The summed E-state index contributed by atoms with van der Waals surface area (Å²) in [4.78, 5) is 16.1. The van der Waals surface area contributed by atoms with Crippen molar-refractivity contribution in [2.75, 3.05) is 6.54 Å². The third-order valence-corrected chi connectivity index (χ3v) is 3.12. The molecule has 0 aliphatic carbocycles. The molecule has 0 spiro atoms. The Labute approximate surface area is 103 Å². The Morgan fingerprint density at radius 1 is 1.41 bits per heavy atom. The van der Waals surface area contributed by atoms with Crippen LogP contribution < -0.4 is 11.3 Å². The van der Waals surface area contributed by atoms with Crippen LogP contribution in [-0.4, -0.2) is 16.1 Å². The van der Waals surface area contributed by atoms with Crippen molar-refractivity contribution in [1.29, 1.82) is 0 Å². The number of nitrogens with two attached hydrogens (primary N) is 1. The van der Waals surface area contributed by atoms with Gasteiger partial charge in [0.2, 0.25) is 0 Å². The summed E-state index contributed by atoms with van der Waals surface area (Å²) in [5.74, 6) is 0.792. The van der Waals surface area contributed by atoms with Gasteiger partial charge in [-0.05, 0) is 38.6 Å². The second-order valence-corrected chi connectivity index (χ2v) is 5.41. The molecule has 1 heterocycles. The topological polar surface area (TPSA) is 60.9 Å². The summed E-state index contributed by atoms with van der Waals surface area (Å²) < 4.78 is 1.74. The minimum atomic E-state index is 0.0422. The fourth-order valence-corrected chi connectivity index (χ4v) is 1.85. The maximum atomic E-state index is 11.8. The van der Waals surface area contributed by atoms with Crippen LogP contribution in [0.15, 0.2) is 10.9 Å². The lowest BCUT2D eigenvalue weighted by molar-refractivity contribution is 0.325. The van der Waals surface area contributed by atoms with Crippen LogP contribution in [0.5, 0.6) is 0 Å². The van der Waals surface area contributed by atoms with Gasteiger partial charge >= 0.3 is 0 Å². The normalized spacial score (nSPS) is 11.8. The Bertz CT molecular complexity index is 435. The Balaban J connectivity index is 2.68. The lowest BCUT2D eigenvalue weighted by atomic mass is 9.88. The summed E-state index contributed by atoms with van der Waals surface area (Å²) in [5, 5.41) is 0. The molecule has 17 heavy (non-hydrogen) atoms.